The number of hydrogen-bond donors (Lipinski definition) is 1. The van der Waals surface area contributed by atoms with Gasteiger partial charge in [-0.2, -0.15) is 5.26 Å². The third-order valence-corrected chi connectivity index (χ3v) is 6.65. The Morgan fingerprint density at radius 3 is 2.55 bits per heavy atom. The van der Waals surface area contributed by atoms with Gasteiger partial charge in [0.15, 0.2) is 11.0 Å². The van der Waals surface area contributed by atoms with Crippen LogP contribution >= 0.6 is 11.8 Å². The molecule has 0 bridgehead atoms. The van der Waals surface area contributed by atoms with Gasteiger partial charge in [0, 0.05) is 12.1 Å². The molecule has 0 spiro atoms. The monoisotopic (exact) mass is 441 g/mol. The number of unbranched alkanes of at least 4 members (excludes halogenated alkanes) is 1. The van der Waals surface area contributed by atoms with Crippen molar-refractivity contribution in [3.05, 3.63) is 24.3 Å². The average molecular weight is 442 g/mol. The van der Waals surface area contributed by atoms with Crippen LogP contribution in [0.5, 0.6) is 5.75 Å². The fourth-order valence-electron chi connectivity index (χ4n) is 3.90. The van der Waals surface area contributed by atoms with Crippen LogP contribution in [-0.2, 0) is 11.3 Å². The minimum absolute atomic E-state index is 0.121. The van der Waals surface area contributed by atoms with E-state index in [1.807, 2.05) is 24.3 Å². The van der Waals surface area contributed by atoms with E-state index in [4.69, 9.17) is 4.74 Å². The highest BCUT2D eigenvalue weighted by Crippen LogP contribution is 2.28. The molecule has 1 aromatic carbocycles. The molecule has 8 heteroatoms. The molecule has 166 valence electrons. The van der Waals surface area contributed by atoms with Gasteiger partial charge in [0.25, 0.3) is 0 Å². The highest BCUT2D eigenvalue weighted by molar-refractivity contribution is 7.99. The number of nitriles is 1. The Labute approximate surface area is 188 Å². The predicted octanol–water partition coefficient (Wildman–Crippen LogP) is 4.58. The summed E-state index contributed by atoms with van der Waals surface area (Å²) >= 11 is 1.37. The standard InChI is InChI=1S/C23H31N5O2S/c1-3-4-15-28-21(18-9-11-19(30-2)12-10-18)26-27-22(28)31-16-20(29)25-23(17-24)13-7-5-6-8-14-23/h9-12H,3-8,13-16H2,1-2H3,(H,25,29). The summed E-state index contributed by atoms with van der Waals surface area (Å²) in [5.74, 6) is 1.68. The average Bonchev–Trinajstić information content (AvgIpc) is 3.05. The van der Waals surface area contributed by atoms with Crippen LogP contribution in [-0.4, -0.2) is 39.1 Å². The maximum atomic E-state index is 12.7. The lowest BCUT2D eigenvalue weighted by atomic mass is 9.92. The normalized spacial score (nSPS) is 15.6. The molecule has 1 fully saturated rings. The number of nitrogens with one attached hydrogen (secondary N) is 1. The lowest BCUT2D eigenvalue weighted by Gasteiger charge is -2.26. The number of thioether (sulfide) groups is 1. The Morgan fingerprint density at radius 2 is 1.94 bits per heavy atom. The molecule has 31 heavy (non-hydrogen) atoms. The molecule has 2 aromatic rings. The van der Waals surface area contributed by atoms with Crippen LogP contribution in [0.4, 0.5) is 0 Å². The van der Waals surface area contributed by atoms with Crippen LogP contribution in [0.2, 0.25) is 0 Å². The van der Waals surface area contributed by atoms with Crippen LogP contribution in [0.3, 0.4) is 0 Å². The van der Waals surface area contributed by atoms with Gasteiger partial charge in [0.2, 0.25) is 5.91 Å². The van der Waals surface area contributed by atoms with Gasteiger partial charge in [-0.1, -0.05) is 50.8 Å². The van der Waals surface area contributed by atoms with Crippen molar-refractivity contribution in [2.45, 2.75) is 75.5 Å². The fourth-order valence-corrected chi connectivity index (χ4v) is 4.66. The summed E-state index contributed by atoms with van der Waals surface area (Å²) in [7, 11) is 1.64. The molecule has 0 saturated heterocycles. The van der Waals surface area contributed by atoms with Crippen molar-refractivity contribution < 1.29 is 9.53 Å². The van der Waals surface area contributed by atoms with Crippen LogP contribution in [0.15, 0.2) is 29.4 Å². The lowest BCUT2D eigenvalue weighted by Crippen LogP contribution is -2.47. The van der Waals surface area contributed by atoms with Crippen LogP contribution in [0.1, 0.15) is 58.3 Å². The predicted molar refractivity (Wildman–Crippen MR) is 122 cm³/mol. The van der Waals surface area contributed by atoms with Gasteiger partial charge in [-0.3, -0.25) is 4.79 Å². The molecule has 0 aliphatic heterocycles. The molecule has 7 nitrogen and oxygen atoms in total. The van der Waals surface area contributed by atoms with Crippen molar-refractivity contribution in [2.75, 3.05) is 12.9 Å². The first-order valence-corrected chi connectivity index (χ1v) is 12.0. The molecule has 0 unspecified atom stereocenters. The smallest absolute Gasteiger partial charge is 0.231 e. The Balaban J connectivity index is 1.70. The topological polar surface area (TPSA) is 92.8 Å². The zero-order valence-electron chi connectivity index (χ0n) is 18.4. The van der Waals surface area contributed by atoms with Gasteiger partial charge in [0.1, 0.15) is 11.3 Å². The van der Waals surface area contributed by atoms with E-state index in [1.54, 1.807) is 7.11 Å². The number of carbonyl (C=O) groups excluding carboxylic acids is 1. The van der Waals surface area contributed by atoms with Crippen molar-refractivity contribution in [3.8, 4) is 23.2 Å². The van der Waals surface area contributed by atoms with Gasteiger partial charge in [-0.05, 0) is 43.5 Å². The third kappa shape index (κ3) is 6.01. The molecule has 1 saturated carbocycles. The number of carbonyl (C=O) groups is 1. The summed E-state index contributed by atoms with van der Waals surface area (Å²) in [6.45, 7) is 2.93. The fraction of sp³-hybridized carbons (Fsp3) is 0.565. The number of rotatable bonds is 9. The van der Waals surface area contributed by atoms with Crippen LogP contribution in [0.25, 0.3) is 11.4 Å². The maximum Gasteiger partial charge on any atom is 0.231 e. The summed E-state index contributed by atoms with van der Waals surface area (Å²) in [6.07, 6.45) is 7.73. The first-order valence-electron chi connectivity index (χ1n) is 11.0. The van der Waals surface area contributed by atoms with Gasteiger partial charge in [-0.15, -0.1) is 10.2 Å². The Kier molecular flexibility index (Phi) is 8.35. The molecule has 1 N–H and O–H groups in total. The molecule has 3 rings (SSSR count). The van der Waals surface area contributed by atoms with Gasteiger partial charge < -0.3 is 14.6 Å². The van der Waals surface area contributed by atoms with E-state index in [-0.39, 0.29) is 11.7 Å². The number of hydrogen-bond acceptors (Lipinski definition) is 6. The van der Waals surface area contributed by atoms with Crippen molar-refractivity contribution in [1.82, 2.24) is 20.1 Å². The number of amides is 1. The molecule has 0 atom stereocenters. The van der Waals surface area contributed by atoms with E-state index in [2.05, 4.69) is 33.1 Å². The highest BCUT2D eigenvalue weighted by Gasteiger charge is 2.32. The second-order valence-electron chi connectivity index (χ2n) is 7.98. The van der Waals surface area contributed by atoms with Gasteiger partial charge >= 0.3 is 0 Å². The van der Waals surface area contributed by atoms with Crippen LogP contribution in [0, 0.1) is 11.3 Å². The molecule has 0 radical (unpaired) electrons. The number of methoxy groups -OCH3 is 1. The lowest BCUT2D eigenvalue weighted by molar-refractivity contribution is -0.120. The zero-order chi connectivity index (χ0) is 22.1. The molecule has 1 heterocycles. The van der Waals surface area contributed by atoms with Crippen molar-refractivity contribution >= 4 is 17.7 Å². The number of nitrogens with zero attached hydrogens (tertiary/aromatic N) is 4. The zero-order valence-corrected chi connectivity index (χ0v) is 19.2. The second kappa shape index (κ2) is 11.2. The Bertz CT molecular complexity index is 896. The largest absolute Gasteiger partial charge is 0.497 e. The highest BCUT2D eigenvalue weighted by atomic mass is 32.2. The van der Waals surface area contributed by atoms with Crippen molar-refractivity contribution in [2.24, 2.45) is 0 Å². The van der Waals surface area contributed by atoms with Gasteiger partial charge in [-0.25, -0.2) is 0 Å². The summed E-state index contributed by atoms with van der Waals surface area (Å²) < 4.78 is 7.32. The first-order chi connectivity index (χ1) is 15.1. The third-order valence-electron chi connectivity index (χ3n) is 5.68. The number of ether oxygens (including phenoxy) is 1. The maximum absolute atomic E-state index is 12.7. The second-order valence-corrected chi connectivity index (χ2v) is 8.93. The van der Waals surface area contributed by atoms with Gasteiger partial charge in [0.05, 0.1) is 18.9 Å². The summed E-state index contributed by atoms with van der Waals surface area (Å²) in [5, 5.41) is 22.2. The molecular formula is C23H31N5O2S. The summed E-state index contributed by atoms with van der Waals surface area (Å²) in [5.41, 5.74) is 0.237. The summed E-state index contributed by atoms with van der Waals surface area (Å²) in [4.78, 5) is 12.7. The molecule has 1 aliphatic rings. The SMILES string of the molecule is CCCCn1c(SCC(=O)NC2(C#N)CCCCCC2)nnc1-c1ccc(OC)cc1. The van der Waals surface area contributed by atoms with E-state index < -0.39 is 5.54 Å². The van der Waals surface area contributed by atoms with E-state index in [0.29, 0.717) is 0 Å². The molecular weight excluding hydrogens is 410 g/mol. The van der Waals surface area contributed by atoms with E-state index in [9.17, 15) is 10.1 Å². The quantitative estimate of drug-likeness (QED) is 0.452. The van der Waals surface area contributed by atoms with Crippen molar-refractivity contribution in [3.63, 3.8) is 0 Å². The summed E-state index contributed by atoms with van der Waals surface area (Å²) in [6, 6.07) is 10.1. The Morgan fingerprint density at radius 1 is 1.23 bits per heavy atom. The number of benzene rings is 1. The van der Waals surface area contributed by atoms with E-state index in [1.165, 1.54) is 11.8 Å². The number of aromatic nitrogens is 3. The molecule has 1 aliphatic carbocycles. The van der Waals surface area contributed by atoms with Crippen molar-refractivity contribution in [1.29, 1.82) is 5.26 Å². The van der Waals surface area contributed by atoms with Crippen LogP contribution < -0.4 is 10.1 Å². The minimum Gasteiger partial charge on any atom is -0.497 e. The molecule has 1 aromatic heterocycles. The van der Waals surface area contributed by atoms with E-state index in [0.717, 1.165) is 80.2 Å². The molecule has 1 amide bonds. The van der Waals surface area contributed by atoms with E-state index >= 15 is 0 Å². The minimum atomic E-state index is -0.724. The first kappa shape index (κ1) is 23.1. The Hall–Kier alpha value is -2.53.